The van der Waals surface area contributed by atoms with Gasteiger partial charge in [-0.25, -0.2) is 4.79 Å². The van der Waals surface area contributed by atoms with Gasteiger partial charge < -0.3 is 9.47 Å². The summed E-state index contributed by atoms with van der Waals surface area (Å²) in [6, 6.07) is 7.48. The predicted octanol–water partition coefficient (Wildman–Crippen LogP) is 2.72. The van der Waals surface area contributed by atoms with E-state index in [0.29, 0.717) is 18.3 Å². The van der Waals surface area contributed by atoms with Crippen molar-refractivity contribution < 1.29 is 14.3 Å². The molecule has 17 heavy (non-hydrogen) atoms. The number of benzene rings is 1. The topological polar surface area (TPSA) is 35.5 Å². The highest BCUT2D eigenvalue weighted by Gasteiger charge is 2.24. The van der Waals surface area contributed by atoms with Crippen LogP contribution >= 0.6 is 0 Å². The number of para-hydroxylation sites is 1. The number of hydrogen-bond acceptors (Lipinski definition) is 3. The van der Waals surface area contributed by atoms with Crippen molar-refractivity contribution in [1.29, 1.82) is 0 Å². The summed E-state index contributed by atoms with van der Waals surface area (Å²) in [5, 5.41) is 0. The first-order valence-electron chi connectivity index (χ1n) is 6.05. The number of esters is 1. The van der Waals surface area contributed by atoms with E-state index < -0.39 is 6.10 Å². The summed E-state index contributed by atoms with van der Waals surface area (Å²) in [6.45, 7) is 4.32. The molecule has 0 spiro atoms. The lowest BCUT2D eigenvalue weighted by Crippen LogP contribution is -2.26. The summed E-state index contributed by atoms with van der Waals surface area (Å²) in [6.07, 6.45) is 1.95. The molecule has 92 valence electrons. The summed E-state index contributed by atoms with van der Waals surface area (Å²) in [4.78, 5) is 11.8. The monoisotopic (exact) mass is 234 g/mol. The van der Waals surface area contributed by atoms with E-state index in [1.165, 1.54) is 12.8 Å². The van der Waals surface area contributed by atoms with E-state index in [0.717, 1.165) is 5.56 Å². The summed E-state index contributed by atoms with van der Waals surface area (Å²) in [5.74, 6) is 0.947. The zero-order valence-electron chi connectivity index (χ0n) is 10.3. The minimum Gasteiger partial charge on any atom is -0.424 e. The first kappa shape index (κ1) is 12.1. The highest BCUT2D eigenvalue weighted by molar-refractivity contribution is 5.77. The highest BCUT2D eigenvalue weighted by Crippen LogP contribution is 2.29. The lowest BCUT2D eigenvalue weighted by molar-refractivity contribution is -0.146. The van der Waals surface area contributed by atoms with Crippen LogP contribution in [-0.4, -0.2) is 18.7 Å². The van der Waals surface area contributed by atoms with Gasteiger partial charge in [0.25, 0.3) is 0 Å². The molecule has 0 amide bonds. The average Bonchev–Trinajstić information content (AvgIpc) is 3.13. The zero-order chi connectivity index (χ0) is 12.3. The SMILES string of the molecule is Cc1ccccc1OC(=O)C(C)OCC1CC1. The van der Waals surface area contributed by atoms with E-state index >= 15 is 0 Å². The Hall–Kier alpha value is -1.35. The second kappa shape index (κ2) is 5.32. The van der Waals surface area contributed by atoms with Crippen LogP contribution < -0.4 is 4.74 Å². The van der Waals surface area contributed by atoms with E-state index in [4.69, 9.17) is 9.47 Å². The zero-order valence-corrected chi connectivity index (χ0v) is 10.3. The molecule has 0 saturated heterocycles. The fourth-order valence-electron chi connectivity index (χ4n) is 1.50. The van der Waals surface area contributed by atoms with Gasteiger partial charge in [0.05, 0.1) is 6.61 Å². The van der Waals surface area contributed by atoms with Crippen molar-refractivity contribution in [3.63, 3.8) is 0 Å². The minimum atomic E-state index is -0.491. The van der Waals surface area contributed by atoms with E-state index in [-0.39, 0.29) is 5.97 Å². The van der Waals surface area contributed by atoms with Crippen molar-refractivity contribution >= 4 is 5.97 Å². The molecule has 1 aliphatic carbocycles. The summed E-state index contributed by atoms with van der Waals surface area (Å²) >= 11 is 0. The second-order valence-electron chi connectivity index (χ2n) is 4.61. The first-order valence-corrected chi connectivity index (χ1v) is 6.05. The van der Waals surface area contributed by atoms with Crippen molar-refractivity contribution in [3.8, 4) is 5.75 Å². The van der Waals surface area contributed by atoms with Gasteiger partial charge in [-0.2, -0.15) is 0 Å². The standard InChI is InChI=1S/C14H18O3/c1-10-5-3-4-6-13(10)17-14(15)11(2)16-9-12-7-8-12/h3-6,11-12H,7-9H2,1-2H3. The number of hydrogen-bond donors (Lipinski definition) is 0. The van der Waals surface area contributed by atoms with Gasteiger partial charge in [-0.3, -0.25) is 0 Å². The number of carbonyl (C=O) groups excluding carboxylic acids is 1. The number of aryl methyl sites for hydroxylation is 1. The number of rotatable bonds is 5. The van der Waals surface area contributed by atoms with Crippen LogP contribution in [0.5, 0.6) is 5.75 Å². The van der Waals surface area contributed by atoms with E-state index in [1.807, 2.05) is 25.1 Å². The van der Waals surface area contributed by atoms with Crippen LogP contribution in [0, 0.1) is 12.8 Å². The Morgan fingerprint density at radius 2 is 2.12 bits per heavy atom. The molecule has 1 fully saturated rings. The molecular formula is C14H18O3. The maximum Gasteiger partial charge on any atom is 0.340 e. The third-order valence-corrected chi connectivity index (χ3v) is 2.91. The Labute approximate surface area is 102 Å². The quantitative estimate of drug-likeness (QED) is 0.580. The average molecular weight is 234 g/mol. The Balaban J connectivity index is 1.84. The summed E-state index contributed by atoms with van der Waals surface area (Å²) in [7, 11) is 0. The molecule has 1 unspecified atom stereocenters. The van der Waals surface area contributed by atoms with Gasteiger partial charge in [-0.15, -0.1) is 0 Å². The molecule has 1 aliphatic rings. The van der Waals surface area contributed by atoms with E-state index in [1.54, 1.807) is 13.0 Å². The molecule has 0 bridgehead atoms. The van der Waals surface area contributed by atoms with Crippen LogP contribution in [0.2, 0.25) is 0 Å². The normalized spacial score (nSPS) is 16.6. The molecule has 0 heterocycles. The maximum absolute atomic E-state index is 11.8. The van der Waals surface area contributed by atoms with Crippen molar-refractivity contribution in [2.24, 2.45) is 5.92 Å². The second-order valence-corrected chi connectivity index (χ2v) is 4.61. The first-order chi connectivity index (χ1) is 8.16. The van der Waals surface area contributed by atoms with Gasteiger partial charge >= 0.3 is 5.97 Å². The molecule has 1 atom stereocenters. The van der Waals surface area contributed by atoms with Crippen LogP contribution in [0.25, 0.3) is 0 Å². The Morgan fingerprint density at radius 3 is 2.76 bits per heavy atom. The van der Waals surface area contributed by atoms with Gasteiger partial charge in [0.2, 0.25) is 0 Å². The smallest absolute Gasteiger partial charge is 0.340 e. The molecule has 0 aliphatic heterocycles. The molecule has 0 N–H and O–H groups in total. The van der Waals surface area contributed by atoms with E-state index in [9.17, 15) is 4.79 Å². The fourth-order valence-corrected chi connectivity index (χ4v) is 1.50. The third kappa shape index (κ3) is 3.56. The Bertz CT molecular complexity index is 396. The Kier molecular flexibility index (Phi) is 3.79. The molecule has 0 aromatic heterocycles. The van der Waals surface area contributed by atoms with Gasteiger partial charge in [0.1, 0.15) is 5.75 Å². The molecule has 3 nitrogen and oxygen atoms in total. The van der Waals surface area contributed by atoms with Gasteiger partial charge in [0, 0.05) is 0 Å². The van der Waals surface area contributed by atoms with Gasteiger partial charge in [-0.1, -0.05) is 18.2 Å². The number of ether oxygens (including phenoxy) is 2. The van der Waals surface area contributed by atoms with Crippen LogP contribution in [0.1, 0.15) is 25.3 Å². The van der Waals surface area contributed by atoms with Crippen molar-refractivity contribution in [2.75, 3.05) is 6.61 Å². The Morgan fingerprint density at radius 1 is 1.41 bits per heavy atom. The molecule has 1 aromatic carbocycles. The number of carbonyl (C=O) groups is 1. The third-order valence-electron chi connectivity index (χ3n) is 2.91. The van der Waals surface area contributed by atoms with Crippen molar-refractivity contribution in [1.82, 2.24) is 0 Å². The van der Waals surface area contributed by atoms with Crippen molar-refractivity contribution in [2.45, 2.75) is 32.8 Å². The molecule has 3 heteroatoms. The summed E-state index contributed by atoms with van der Waals surface area (Å²) < 4.78 is 10.8. The van der Waals surface area contributed by atoms with Crippen LogP contribution in [0.4, 0.5) is 0 Å². The fraction of sp³-hybridized carbons (Fsp3) is 0.500. The predicted molar refractivity (Wildman–Crippen MR) is 65.0 cm³/mol. The van der Waals surface area contributed by atoms with Gasteiger partial charge in [-0.05, 0) is 44.2 Å². The largest absolute Gasteiger partial charge is 0.424 e. The lowest BCUT2D eigenvalue weighted by atomic mass is 10.2. The van der Waals surface area contributed by atoms with Gasteiger partial charge in [0.15, 0.2) is 6.10 Å². The highest BCUT2D eigenvalue weighted by atomic mass is 16.6. The molecule has 0 radical (unpaired) electrons. The maximum atomic E-state index is 11.8. The molecule has 1 aromatic rings. The van der Waals surface area contributed by atoms with Crippen LogP contribution in [0.15, 0.2) is 24.3 Å². The molecule has 2 rings (SSSR count). The van der Waals surface area contributed by atoms with Crippen LogP contribution in [-0.2, 0) is 9.53 Å². The molecular weight excluding hydrogens is 216 g/mol. The van der Waals surface area contributed by atoms with Crippen LogP contribution in [0.3, 0.4) is 0 Å². The van der Waals surface area contributed by atoms with E-state index in [2.05, 4.69) is 0 Å². The minimum absolute atomic E-state index is 0.319. The molecule has 1 saturated carbocycles. The van der Waals surface area contributed by atoms with Crippen molar-refractivity contribution in [3.05, 3.63) is 29.8 Å². The summed E-state index contributed by atoms with van der Waals surface area (Å²) in [5.41, 5.74) is 0.954. The lowest BCUT2D eigenvalue weighted by Gasteiger charge is -2.13.